The Bertz CT molecular complexity index is 509. The van der Waals surface area contributed by atoms with Crippen molar-refractivity contribution in [1.29, 1.82) is 0 Å². The molecule has 0 saturated carbocycles. The number of hydrogen-bond donors (Lipinski definition) is 4. The normalized spacial score (nSPS) is 12.2. The summed E-state index contributed by atoms with van der Waals surface area (Å²) in [6.07, 6.45) is 0. The molecular weight excluding hydrogens is 307 g/mol. The van der Waals surface area contributed by atoms with Crippen LogP contribution in [-0.2, 0) is 0 Å². The van der Waals surface area contributed by atoms with E-state index in [0.29, 0.717) is 6.54 Å². The fourth-order valence-electron chi connectivity index (χ4n) is 2.33. The summed E-state index contributed by atoms with van der Waals surface area (Å²) >= 11 is 11.2. The molecule has 6 N–H and O–H groups in total. The Hall–Kier alpha value is -1.46. The van der Waals surface area contributed by atoms with E-state index in [-0.39, 0.29) is 12.0 Å². The number of benzene rings is 2. The lowest BCUT2D eigenvalue weighted by Gasteiger charge is -2.24. The Labute approximate surface area is 134 Å². The van der Waals surface area contributed by atoms with Gasteiger partial charge in [-0.2, -0.15) is 0 Å². The number of halogens is 2. The standard InChI is InChI=1S/C15H18Cl2N4/c16-20-12-5-1-10(2-6-12)15(14(19)9-18)11-3-7-13(21-17)8-4-11/h1-8,14-15,20-21H,9,18-19H2. The van der Waals surface area contributed by atoms with Gasteiger partial charge in [-0.05, 0) is 35.4 Å². The lowest BCUT2D eigenvalue weighted by atomic mass is 9.85. The van der Waals surface area contributed by atoms with Gasteiger partial charge in [-0.3, -0.25) is 9.67 Å². The quantitative estimate of drug-likeness (QED) is 0.615. The second kappa shape index (κ2) is 7.52. The average Bonchev–Trinajstić information content (AvgIpc) is 2.56. The fourth-order valence-corrected chi connectivity index (χ4v) is 2.58. The van der Waals surface area contributed by atoms with Crippen molar-refractivity contribution in [3.8, 4) is 0 Å². The summed E-state index contributed by atoms with van der Waals surface area (Å²) in [6.45, 7) is 0.398. The molecule has 0 aliphatic heterocycles. The molecule has 112 valence electrons. The molecule has 1 atom stereocenters. The highest BCUT2D eigenvalue weighted by molar-refractivity contribution is 6.24. The Kier molecular flexibility index (Phi) is 5.70. The molecule has 0 radical (unpaired) electrons. The summed E-state index contributed by atoms with van der Waals surface area (Å²) in [7, 11) is 0. The predicted octanol–water partition coefficient (Wildman–Crippen LogP) is 3.24. The SMILES string of the molecule is NCC(N)C(c1ccc(NCl)cc1)c1ccc(NCl)cc1. The van der Waals surface area contributed by atoms with Gasteiger partial charge >= 0.3 is 0 Å². The van der Waals surface area contributed by atoms with E-state index < -0.39 is 0 Å². The van der Waals surface area contributed by atoms with E-state index in [1.54, 1.807) is 0 Å². The van der Waals surface area contributed by atoms with Crippen LogP contribution in [0.25, 0.3) is 0 Å². The Morgan fingerprint density at radius 3 is 1.48 bits per heavy atom. The van der Waals surface area contributed by atoms with Gasteiger partial charge in [0.1, 0.15) is 0 Å². The number of rotatable bonds is 6. The molecule has 2 aromatic rings. The fraction of sp³-hybridized carbons (Fsp3) is 0.200. The summed E-state index contributed by atoms with van der Waals surface area (Å²) in [4.78, 5) is 5.17. The van der Waals surface area contributed by atoms with Gasteiger partial charge in [-0.1, -0.05) is 24.3 Å². The molecule has 0 spiro atoms. The largest absolute Gasteiger partial charge is 0.329 e. The van der Waals surface area contributed by atoms with Gasteiger partial charge in [0.05, 0.1) is 0 Å². The van der Waals surface area contributed by atoms with Crippen LogP contribution in [0, 0.1) is 0 Å². The third kappa shape index (κ3) is 3.80. The summed E-state index contributed by atoms with van der Waals surface area (Å²) in [5.41, 5.74) is 15.8. The Balaban J connectivity index is 2.36. The minimum atomic E-state index is -0.172. The van der Waals surface area contributed by atoms with E-state index in [1.165, 1.54) is 0 Å². The van der Waals surface area contributed by atoms with Crippen LogP contribution in [0.15, 0.2) is 48.5 Å². The molecule has 0 heterocycles. The zero-order valence-electron chi connectivity index (χ0n) is 11.4. The topological polar surface area (TPSA) is 76.1 Å². The van der Waals surface area contributed by atoms with Crippen LogP contribution in [0.1, 0.15) is 17.0 Å². The summed E-state index contributed by atoms with van der Waals surface area (Å²) in [6, 6.07) is 15.5. The first-order valence-corrected chi connectivity index (χ1v) is 7.34. The lowest BCUT2D eigenvalue weighted by Crippen LogP contribution is -2.36. The van der Waals surface area contributed by atoms with Crippen molar-refractivity contribution in [2.75, 3.05) is 16.2 Å². The number of nitrogens with two attached hydrogens (primary N) is 2. The highest BCUT2D eigenvalue weighted by atomic mass is 35.5. The first-order chi connectivity index (χ1) is 10.2. The van der Waals surface area contributed by atoms with Gasteiger partial charge in [0.25, 0.3) is 0 Å². The van der Waals surface area contributed by atoms with Crippen LogP contribution in [-0.4, -0.2) is 12.6 Å². The van der Waals surface area contributed by atoms with Gasteiger partial charge in [0.15, 0.2) is 0 Å². The molecule has 0 aliphatic carbocycles. The van der Waals surface area contributed by atoms with E-state index in [2.05, 4.69) is 9.67 Å². The first-order valence-electron chi connectivity index (χ1n) is 6.58. The van der Waals surface area contributed by atoms with Crippen molar-refractivity contribution >= 4 is 34.9 Å². The molecule has 1 unspecified atom stereocenters. The lowest BCUT2D eigenvalue weighted by molar-refractivity contribution is 0.603. The molecule has 21 heavy (non-hydrogen) atoms. The van der Waals surface area contributed by atoms with E-state index in [0.717, 1.165) is 22.5 Å². The van der Waals surface area contributed by atoms with Crippen LogP contribution >= 0.6 is 23.6 Å². The maximum absolute atomic E-state index is 6.21. The van der Waals surface area contributed by atoms with Crippen molar-refractivity contribution in [1.82, 2.24) is 0 Å². The molecular formula is C15H18Cl2N4. The van der Waals surface area contributed by atoms with Gasteiger partial charge in [-0.25, -0.2) is 0 Å². The monoisotopic (exact) mass is 324 g/mol. The van der Waals surface area contributed by atoms with Crippen LogP contribution in [0.5, 0.6) is 0 Å². The summed E-state index contributed by atoms with van der Waals surface area (Å²) in [5, 5.41) is 0. The molecule has 0 aromatic heterocycles. The molecule has 0 amide bonds. The third-order valence-corrected chi connectivity index (χ3v) is 3.89. The maximum Gasteiger partial charge on any atom is 0.0491 e. The molecule has 4 nitrogen and oxygen atoms in total. The van der Waals surface area contributed by atoms with Crippen LogP contribution in [0.3, 0.4) is 0 Å². The minimum Gasteiger partial charge on any atom is -0.329 e. The zero-order valence-corrected chi connectivity index (χ0v) is 12.9. The third-order valence-electron chi connectivity index (χ3n) is 3.46. The van der Waals surface area contributed by atoms with Gasteiger partial charge in [0.2, 0.25) is 0 Å². The zero-order chi connectivity index (χ0) is 15.2. The minimum absolute atomic E-state index is 0.0174. The van der Waals surface area contributed by atoms with Crippen LogP contribution in [0.4, 0.5) is 11.4 Å². The van der Waals surface area contributed by atoms with Crippen molar-refractivity contribution in [2.24, 2.45) is 11.5 Å². The van der Waals surface area contributed by atoms with E-state index >= 15 is 0 Å². The van der Waals surface area contributed by atoms with Crippen molar-refractivity contribution < 1.29 is 0 Å². The highest BCUT2D eigenvalue weighted by Crippen LogP contribution is 2.29. The molecule has 2 aromatic carbocycles. The van der Waals surface area contributed by atoms with E-state index in [1.807, 2.05) is 48.5 Å². The number of anilines is 2. The average molecular weight is 325 g/mol. The van der Waals surface area contributed by atoms with Crippen LogP contribution in [0.2, 0.25) is 0 Å². The smallest absolute Gasteiger partial charge is 0.0491 e. The second-order valence-electron chi connectivity index (χ2n) is 4.81. The number of nitrogens with one attached hydrogen (secondary N) is 2. The molecule has 2 rings (SSSR count). The van der Waals surface area contributed by atoms with Gasteiger partial charge < -0.3 is 11.5 Å². The first kappa shape index (κ1) is 15.9. The van der Waals surface area contributed by atoms with Gasteiger partial charge in [0, 0.05) is 53.4 Å². The molecule has 6 heteroatoms. The molecule has 0 saturated heterocycles. The van der Waals surface area contributed by atoms with Gasteiger partial charge in [-0.15, -0.1) is 0 Å². The van der Waals surface area contributed by atoms with Crippen molar-refractivity contribution in [3.63, 3.8) is 0 Å². The summed E-state index contributed by atoms with van der Waals surface area (Å²) in [5.74, 6) is 0.0174. The predicted molar refractivity (Wildman–Crippen MR) is 90.7 cm³/mol. The van der Waals surface area contributed by atoms with E-state index in [4.69, 9.17) is 35.0 Å². The molecule has 0 fully saturated rings. The van der Waals surface area contributed by atoms with Crippen molar-refractivity contribution in [3.05, 3.63) is 59.7 Å². The maximum atomic E-state index is 6.21. The molecule has 0 bridgehead atoms. The Morgan fingerprint density at radius 1 is 0.810 bits per heavy atom. The second-order valence-corrected chi connectivity index (χ2v) is 5.19. The number of hydrogen-bond acceptors (Lipinski definition) is 4. The van der Waals surface area contributed by atoms with Crippen molar-refractivity contribution in [2.45, 2.75) is 12.0 Å². The Morgan fingerprint density at radius 2 is 1.19 bits per heavy atom. The highest BCUT2D eigenvalue weighted by Gasteiger charge is 2.20. The molecule has 0 aliphatic rings. The van der Waals surface area contributed by atoms with E-state index in [9.17, 15) is 0 Å². The van der Waals surface area contributed by atoms with Crippen LogP contribution < -0.4 is 21.1 Å². The summed E-state index contributed by atoms with van der Waals surface area (Å²) < 4.78 is 0.